The van der Waals surface area contributed by atoms with Crippen LogP contribution in [0.5, 0.6) is 0 Å². The number of hydrogen-bond donors (Lipinski definition) is 2. The van der Waals surface area contributed by atoms with E-state index < -0.39 is 15.4 Å². The van der Waals surface area contributed by atoms with E-state index >= 15 is 0 Å². The fourth-order valence-corrected chi connectivity index (χ4v) is 4.29. The molecule has 0 aliphatic heterocycles. The van der Waals surface area contributed by atoms with Gasteiger partial charge in [-0.3, -0.25) is 0 Å². The third-order valence-corrected chi connectivity index (χ3v) is 6.53. The first-order chi connectivity index (χ1) is 12.4. The van der Waals surface area contributed by atoms with Crippen LogP contribution >= 0.6 is 0 Å². The second-order valence-electron chi connectivity index (χ2n) is 7.28. The number of aliphatic hydroxyl groups is 1. The van der Waals surface area contributed by atoms with Crippen molar-refractivity contribution < 1.29 is 13.5 Å². The van der Waals surface area contributed by atoms with E-state index in [1.54, 1.807) is 30.5 Å². The first kappa shape index (κ1) is 17.2. The number of sulfone groups is 1. The fraction of sp³-hybridized carbons (Fsp3) is 0.350. The summed E-state index contributed by atoms with van der Waals surface area (Å²) in [4.78, 5) is 7.83. The summed E-state index contributed by atoms with van der Waals surface area (Å²) in [5.74, 6) is 0.467. The number of nitrogens with one attached hydrogen (secondary N) is 1. The molecule has 1 aliphatic rings. The van der Waals surface area contributed by atoms with Crippen LogP contribution in [0.1, 0.15) is 36.9 Å². The van der Waals surface area contributed by atoms with Gasteiger partial charge < -0.3 is 10.1 Å². The molecule has 1 fully saturated rings. The Morgan fingerprint density at radius 1 is 1.23 bits per heavy atom. The lowest BCUT2D eigenvalue weighted by atomic mass is 9.74. The van der Waals surface area contributed by atoms with Crippen molar-refractivity contribution in [3.63, 3.8) is 0 Å². The normalized spacial score (nSPS) is 17.8. The van der Waals surface area contributed by atoms with E-state index in [4.69, 9.17) is 0 Å². The van der Waals surface area contributed by atoms with E-state index in [0.717, 1.165) is 23.9 Å². The maximum absolute atomic E-state index is 11.7. The summed E-state index contributed by atoms with van der Waals surface area (Å²) in [6, 6.07) is 12.3. The van der Waals surface area contributed by atoms with Crippen molar-refractivity contribution in [2.45, 2.75) is 36.2 Å². The van der Waals surface area contributed by atoms with Gasteiger partial charge in [0.25, 0.3) is 0 Å². The van der Waals surface area contributed by atoms with Crippen LogP contribution in [0.15, 0.2) is 53.6 Å². The van der Waals surface area contributed by atoms with Crippen molar-refractivity contribution in [1.82, 2.24) is 9.97 Å². The van der Waals surface area contributed by atoms with Crippen molar-refractivity contribution in [3.05, 3.63) is 59.9 Å². The second kappa shape index (κ2) is 6.21. The van der Waals surface area contributed by atoms with Crippen LogP contribution in [-0.2, 0) is 15.4 Å². The molecule has 1 atom stereocenters. The van der Waals surface area contributed by atoms with Crippen LogP contribution < -0.4 is 0 Å². The zero-order chi connectivity index (χ0) is 18.4. The fourth-order valence-electron chi connectivity index (χ4n) is 3.66. The molecule has 1 unspecified atom stereocenters. The molecule has 1 saturated carbocycles. The summed E-state index contributed by atoms with van der Waals surface area (Å²) in [6.45, 7) is 0. The lowest BCUT2D eigenvalue weighted by Crippen LogP contribution is -2.32. The molecule has 6 heteroatoms. The van der Waals surface area contributed by atoms with Gasteiger partial charge in [0.1, 0.15) is 11.2 Å². The van der Waals surface area contributed by atoms with E-state index in [0.29, 0.717) is 23.6 Å². The van der Waals surface area contributed by atoms with Gasteiger partial charge >= 0.3 is 0 Å². The molecule has 5 nitrogen and oxygen atoms in total. The molecule has 26 heavy (non-hydrogen) atoms. The Kier molecular flexibility index (Phi) is 4.12. The second-order valence-corrected chi connectivity index (χ2v) is 9.30. The molecule has 3 aromatic rings. The van der Waals surface area contributed by atoms with Crippen LogP contribution in [0, 0.1) is 5.92 Å². The zero-order valence-corrected chi connectivity index (χ0v) is 15.5. The molecular formula is C20H22N2O3S. The number of nitrogens with zero attached hydrogens (tertiary/aromatic N) is 1. The Balaban J connectivity index is 1.80. The summed E-state index contributed by atoms with van der Waals surface area (Å²) in [7, 11) is -3.27. The first-order valence-electron chi connectivity index (χ1n) is 8.83. The highest BCUT2D eigenvalue weighted by Crippen LogP contribution is 2.42. The van der Waals surface area contributed by atoms with Gasteiger partial charge in [-0.1, -0.05) is 31.4 Å². The van der Waals surface area contributed by atoms with Crippen molar-refractivity contribution in [2.24, 2.45) is 5.92 Å². The van der Waals surface area contributed by atoms with Crippen molar-refractivity contribution in [3.8, 4) is 0 Å². The SMILES string of the molecule is CS(=O)(=O)c1ccc(C(O)(CC2CCC2)c2cc3cccnc3[nH]2)cc1. The number of aromatic amines is 1. The lowest BCUT2D eigenvalue weighted by molar-refractivity contribution is 0.0334. The summed E-state index contributed by atoms with van der Waals surface area (Å²) < 4.78 is 23.5. The van der Waals surface area contributed by atoms with E-state index in [-0.39, 0.29) is 4.90 Å². The first-order valence-corrected chi connectivity index (χ1v) is 10.7. The van der Waals surface area contributed by atoms with Crippen LogP contribution in [-0.4, -0.2) is 29.7 Å². The molecule has 1 aromatic carbocycles. The van der Waals surface area contributed by atoms with Gasteiger partial charge in [0.2, 0.25) is 0 Å². The van der Waals surface area contributed by atoms with Crippen molar-refractivity contribution in [2.75, 3.05) is 6.26 Å². The van der Waals surface area contributed by atoms with E-state index in [2.05, 4.69) is 9.97 Å². The number of fused-ring (bicyclic) bond motifs is 1. The highest BCUT2D eigenvalue weighted by molar-refractivity contribution is 7.90. The molecule has 0 saturated heterocycles. The molecule has 1 aliphatic carbocycles. The Morgan fingerprint density at radius 2 is 1.96 bits per heavy atom. The molecule has 0 amide bonds. The Hall–Kier alpha value is -2.18. The Bertz CT molecular complexity index is 1000. The number of rotatable bonds is 5. The average Bonchev–Trinajstić information content (AvgIpc) is 3.02. The van der Waals surface area contributed by atoms with Gasteiger partial charge in [-0.25, -0.2) is 13.4 Å². The van der Waals surface area contributed by atoms with E-state index in [9.17, 15) is 13.5 Å². The van der Waals surface area contributed by atoms with Crippen LogP contribution in [0.4, 0.5) is 0 Å². The minimum atomic E-state index is -3.27. The highest BCUT2D eigenvalue weighted by atomic mass is 32.2. The van der Waals surface area contributed by atoms with Gasteiger partial charge in [-0.15, -0.1) is 0 Å². The minimum absolute atomic E-state index is 0.255. The maximum atomic E-state index is 11.7. The summed E-state index contributed by atoms with van der Waals surface area (Å²) in [6.07, 6.45) is 6.94. The molecule has 0 radical (unpaired) electrons. The quantitative estimate of drug-likeness (QED) is 0.721. The Morgan fingerprint density at radius 3 is 2.54 bits per heavy atom. The summed E-state index contributed by atoms with van der Waals surface area (Å²) >= 11 is 0. The molecule has 136 valence electrons. The molecule has 0 bridgehead atoms. The molecule has 2 aromatic heterocycles. The zero-order valence-electron chi connectivity index (χ0n) is 14.6. The standard InChI is InChI=1S/C20H22N2O3S/c1-26(24,25)17-9-7-16(8-10-17)20(23,13-14-4-2-5-14)18-12-15-6-3-11-21-19(15)22-18/h3,6-12,14,23H,2,4-5,13H2,1H3,(H,21,22). The topological polar surface area (TPSA) is 83.1 Å². The molecular weight excluding hydrogens is 348 g/mol. The van der Waals surface area contributed by atoms with Crippen molar-refractivity contribution >= 4 is 20.9 Å². The summed E-state index contributed by atoms with van der Waals surface area (Å²) in [5.41, 5.74) is 0.942. The predicted molar refractivity (Wildman–Crippen MR) is 101 cm³/mol. The van der Waals surface area contributed by atoms with Gasteiger partial charge in [0.15, 0.2) is 9.84 Å². The van der Waals surface area contributed by atoms with Gasteiger partial charge in [-0.2, -0.15) is 0 Å². The Labute approximate surface area is 153 Å². The average molecular weight is 370 g/mol. The number of hydrogen-bond acceptors (Lipinski definition) is 4. The third-order valence-electron chi connectivity index (χ3n) is 5.41. The third kappa shape index (κ3) is 3.04. The number of benzene rings is 1. The largest absolute Gasteiger partial charge is 0.379 e. The van der Waals surface area contributed by atoms with E-state index in [1.165, 1.54) is 12.7 Å². The molecule has 4 rings (SSSR count). The van der Waals surface area contributed by atoms with Gasteiger partial charge in [0, 0.05) is 17.8 Å². The predicted octanol–water partition coefficient (Wildman–Crippen LogP) is 3.39. The highest BCUT2D eigenvalue weighted by Gasteiger charge is 2.37. The molecule has 0 spiro atoms. The van der Waals surface area contributed by atoms with Crippen LogP contribution in [0.2, 0.25) is 0 Å². The van der Waals surface area contributed by atoms with Gasteiger partial charge in [-0.05, 0) is 48.2 Å². The number of pyridine rings is 1. The van der Waals surface area contributed by atoms with Gasteiger partial charge in [0.05, 0.1) is 10.6 Å². The monoisotopic (exact) mass is 370 g/mol. The van der Waals surface area contributed by atoms with Crippen LogP contribution in [0.25, 0.3) is 11.0 Å². The maximum Gasteiger partial charge on any atom is 0.175 e. The van der Waals surface area contributed by atoms with Crippen molar-refractivity contribution in [1.29, 1.82) is 0 Å². The molecule has 2 N–H and O–H groups in total. The lowest BCUT2D eigenvalue weighted by Gasteiger charge is -2.36. The number of H-pyrrole nitrogens is 1. The smallest absolute Gasteiger partial charge is 0.175 e. The minimum Gasteiger partial charge on any atom is -0.379 e. The van der Waals surface area contributed by atoms with Crippen LogP contribution in [0.3, 0.4) is 0 Å². The number of aromatic nitrogens is 2. The molecule has 2 heterocycles. The van der Waals surface area contributed by atoms with E-state index in [1.807, 2.05) is 18.2 Å². The summed E-state index contributed by atoms with van der Waals surface area (Å²) in [5, 5.41) is 12.6.